The molecule has 0 N–H and O–H groups in total. The molecule has 0 aliphatic rings. The monoisotopic (exact) mass is 521 g/mol. The molecule has 0 saturated heterocycles. The van der Waals surface area contributed by atoms with E-state index in [-0.39, 0.29) is 32.7 Å². The molecule has 0 unspecified atom stereocenters. The van der Waals surface area contributed by atoms with Crippen molar-refractivity contribution in [3.8, 4) is 33.4 Å². The third-order valence-electron chi connectivity index (χ3n) is 7.19. The Morgan fingerprint density at radius 2 is 0.925 bits per heavy atom. The first-order chi connectivity index (χ1) is 26.1. The van der Waals surface area contributed by atoms with Gasteiger partial charge in [-0.2, -0.15) is 0 Å². The lowest BCUT2D eigenvalue weighted by Crippen LogP contribution is -1.92. The zero-order valence-corrected chi connectivity index (χ0v) is 20.9. The molecule has 8 rings (SSSR count). The van der Waals surface area contributed by atoms with E-state index in [4.69, 9.17) is 13.7 Å². The van der Waals surface area contributed by atoms with Crippen molar-refractivity contribution in [3.05, 3.63) is 157 Å². The van der Waals surface area contributed by atoms with Gasteiger partial charge >= 0.3 is 0 Å². The van der Waals surface area contributed by atoms with Crippen LogP contribution < -0.4 is 0 Å². The summed E-state index contributed by atoms with van der Waals surface area (Å²) in [6.07, 6.45) is 0. The van der Waals surface area contributed by atoms with Crippen LogP contribution in [0.3, 0.4) is 0 Å². The first-order valence-corrected chi connectivity index (χ1v) is 12.6. The second-order valence-corrected chi connectivity index (χ2v) is 9.36. The van der Waals surface area contributed by atoms with E-state index in [0.29, 0.717) is 11.1 Å². The number of rotatable bonds is 3. The van der Waals surface area contributed by atoms with Crippen LogP contribution in [0.25, 0.3) is 76.5 Å². The minimum absolute atomic E-state index is 0.0517. The maximum absolute atomic E-state index is 9.31. The molecule has 0 atom stereocenters. The Balaban J connectivity index is 1.69. The van der Waals surface area contributed by atoms with Crippen LogP contribution in [0.1, 0.15) is 20.6 Å². The molecule has 186 valence electrons. The van der Waals surface area contributed by atoms with E-state index in [2.05, 4.69) is 0 Å². The van der Waals surface area contributed by atoms with Crippen LogP contribution in [-0.4, -0.2) is 0 Å². The number of benzene rings is 8. The van der Waals surface area contributed by atoms with Crippen LogP contribution in [0, 0.1) is 0 Å². The molecule has 0 saturated carbocycles. The molecule has 0 spiro atoms. The second-order valence-electron chi connectivity index (χ2n) is 9.36. The highest BCUT2D eigenvalue weighted by atomic mass is 14.2. The molecule has 0 amide bonds. The Morgan fingerprint density at radius 1 is 0.350 bits per heavy atom. The molecular formula is C40H26. The molecule has 0 nitrogen and oxygen atoms in total. The fourth-order valence-electron chi connectivity index (χ4n) is 5.48. The average molecular weight is 522 g/mol. The van der Waals surface area contributed by atoms with Crippen molar-refractivity contribution in [3.63, 3.8) is 0 Å². The molecule has 0 aliphatic heterocycles. The summed E-state index contributed by atoms with van der Waals surface area (Å²) in [5, 5.41) is 0.188. The fourth-order valence-corrected chi connectivity index (χ4v) is 5.48. The molecule has 0 fully saturated rings. The van der Waals surface area contributed by atoms with Crippen LogP contribution in [0.15, 0.2) is 157 Å². The summed E-state index contributed by atoms with van der Waals surface area (Å²) in [6.45, 7) is 0. The summed E-state index contributed by atoms with van der Waals surface area (Å²) in [5.74, 6) is 0. The highest BCUT2D eigenvalue weighted by Gasteiger charge is 2.18. The predicted molar refractivity (Wildman–Crippen MR) is 173 cm³/mol. The molecular weight excluding hydrogens is 480 g/mol. The normalized spacial score (nSPS) is 16.8. The van der Waals surface area contributed by atoms with E-state index in [1.807, 2.05) is 48.5 Å². The van der Waals surface area contributed by atoms with E-state index in [0.717, 1.165) is 16.3 Å². The summed E-state index contributed by atoms with van der Waals surface area (Å²) in [7, 11) is 0. The van der Waals surface area contributed by atoms with E-state index >= 15 is 0 Å². The molecule has 8 aromatic rings. The van der Waals surface area contributed by atoms with E-state index < -0.39 is 107 Å². The molecule has 0 radical (unpaired) electrons. The molecule has 0 heterocycles. The fraction of sp³-hybridized carbons (Fsp3) is 0. The van der Waals surface area contributed by atoms with Gasteiger partial charge in [0.2, 0.25) is 0 Å². The van der Waals surface area contributed by atoms with Crippen molar-refractivity contribution in [1.82, 2.24) is 0 Å². The van der Waals surface area contributed by atoms with Crippen molar-refractivity contribution in [2.24, 2.45) is 0 Å². The maximum atomic E-state index is 9.31. The first-order valence-electron chi connectivity index (χ1n) is 20.1. The highest BCUT2D eigenvalue weighted by Crippen LogP contribution is 2.45. The van der Waals surface area contributed by atoms with Crippen LogP contribution in [0.4, 0.5) is 0 Å². The van der Waals surface area contributed by atoms with Gasteiger partial charge in [0.05, 0.1) is 20.6 Å². The zero-order chi connectivity index (χ0) is 39.5. The Kier molecular flexibility index (Phi) is 2.84. The van der Waals surface area contributed by atoms with Gasteiger partial charge in [0.25, 0.3) is 0 Å². The van der Waals surface area contributed by atoms with Crippen molar-refractivity contribution >= 4 is 43.1 Å². The molecule has 0 aromatic heterocycles. The average Bonchev–Trinajstić information content (AvgIpc) is 3.19. The number of hydrogen-bond acceptors (Lipinski definition) is 0. The summed E-state index contributed by atoms with van der Waals surface area (Å²) >= 11 is 0. The van der Waals surface area contributed by atoms with Gasteiger partial charge in [0.1, 0.15) is 0 Å². The Morgan fingerprint density at radius 3 is 1.70 bits per heavy atom. The maximum Gasteiger partial charge on any atom is 0.0629 e. The van der Waals surface area contributed by atoms with Crippen molar-refractivity contribution in [1.29, 1.82) is 0 Å². The van der Waals surface area contributed by atoms with E-state index in [1.54, 1.807) is 18.2 Å². The Hall–Kier alpha value is -5.20. The molecule has 0 bridgehead atoms. The minimum Gasteiger partial charge on any atom is -0.0616 e. The summed E-state index contributed by atoms with van der Waals surface area (Å²) in [5.41, 5.74) is 1.18. The van der Waals surface area contributed by atoms with Crippen molar-refractivity contribution < 1.29 is 20.6 Å². The first kappa shape index (κ1) is 12.3. The smallest absolute Gasteiger partial charge is 0.0616 e. The minimum atomic E-state index is -0.748. The van der Waals surface area contributed by atoms with E-state index in [1.165, 1.54) is 0 Å². The molecule has 0 heteroatoms. The molecule has 8 aromatic carbocycles. The van der Waals surface area contributed by atoms with Gasteiger partial charge in [-0.05, 0) is 82.5 Å². The third kappa shape index (κ3) is 3.54. The lowest BCUT2D eigenvalue weighted by Gasteiger charge is -2.19. The largest absolute Gasteiger partial charge is 0.0629 e. The van der Waals surface area contributed by atoms with Gasteiger partial charge in [-0.3, -0.25) is 0 Å². The second kappa shape index (κ2) is 9.22. The topological polar surface area (TPSA) is 0 Å². The van der Waals surface area contributed by atoms with Crippen LogP contribution >= 0.6 is 0 Å². The van der Waals surface area contributed by atoms with Crippen molar-refractivity contribution in [2.45, 2.75) is 0 Å². The lowest BCUT2D eigenvalue weighted by atomic mass is 9.84. The molecule has 40 heavy (non-hydrogen) atoms. The van der Waals surface area contributed by atoms with Gasteiger partial charge in [-0.25, -0.2) is 0 Å². The highest BCUT2D eigenvalue weighted by molar-refractivity contribution is 6.23. The van der Waals surface area contributed by atoms with Crippen LogP contribution in [0.2, 0.25) is 0 Å². The molecule has 0 aliphatic carbocycles. The standard InChI is InChI=1S/C40H26/c1-3-18-31-27(12-1)14-10-24-33(31)29-16-9-17-30(26-29)39-35-20-5-7-22-37(35)40(38-23-8-6-21-36(38)39)34-25-11-15-28-13-2-4-19-32(28)34/h1-26H/i2D,4D,5D,6D,7D,8D,11D,13D,15D,19D,20D,21D,22D,23D,25D. The van der Waals surface area contributed by atoms with Crippen LogP contribution in [0.5, 0.6) is 0 Å². The van der Waals surface area contributed by atoms with Crippen LogP contribution in [-0.2, 0) is 0 Å². The zero-order valence-electron chi connectivity index (χ0n) is 35.9. The van der Waals surface area contributed by atoms with Gasteiger partial charge in [-0.1, -0.05) is 151 Å². The van der Waals surface area contributed by atoms with E-state index in [9.17, 15) is 6.85 Å². The predicted octanol–water partition coefficient (Wildman–Crippen LogP) is 11.3. The summed E-state index contributed by atoms with van der Waals surface area (Å²) < 4.78 is 133. The van der Waals surface area contributed by atoms with Crippen molar-refractivity contribution in [2.75, 3.05) is 0 Å². The Bertz CT molecular complexity index is 2950. The van der Waals surface area contributed by atoms with Gasteiger partial charge in [-0.15, -0.1) is 0 Å². The number of hydrogen-bond donors (Lipinski definition) is 0. The quantitative estimate of drug-likeness (QED) is 0.203. The van der Waals surface area contributed by atoms with Gasteiger partial charge < -0.3 is 0 Å². The summed E-state index contributed by atoms with van der Waals surface area (Å²) in [4.78, 5) is 0. The number of fused-ring (bicyclic) bond motifs is 4. The van der Waals surface area contributed by atoms with Gasteiger partial charge in [0.15, 0.2) is 0 Å². The summed E-state index contributed by atoms with van der Waals surface area (Å²) in [6, 6.07) is 10.6. The SMILES string of the molecule is [2H]c1c([2H])c([2H])c2c(-c3c4c([2H])c([2H])c([2H])c([2H])c4c(-c4cccc(-c5cccc6ccccc56)c4)c4c([2H])c([2H])c([2H])c([2H])c34)c([2H])c([2H])c([2H])c2c1[2H]. The van der Waals surface area contributed by atoms with Gasteiger partial charge in [0, 0.05) is 0 Å². The third-order valence-corrected chi connectivity index (χ3v) is 7.19. The Labute approximate surface area is 254 Å². The lowest BCUT2D eigenvalue weighted by molar-refractivity contribution is 1.63.